The Kier molecular flexibility index (Phi) is 5.57. The number of halogens is 1. The van der Waals surface area contributed by atoms with Crippen LogP contribution in [0.5, 0.6) is 0 Å². The largest absolute Gasteiger partial charge is 0.388 e. The van der Waals surface area contributed by atoms with Crippen molar-refractivity contribution in [2.24, 2.45) is 0 Å². The van der Waals surface area contributed by atoms with Gasteiger partial charge in [-0.05, 0) is 66.1 Å². The van der Waals surface area contributed by atoms with Gasteiger partial charge in [-0.1, -0.05) is 11.6 Å². The summed E-state index contributed by atoms with van der Waals surface area (Å²) in [5, 5.41) is 5.77. The molecule has 6 nitrogen and oxygen atoms in total. The molecule has 4 rings (SSSR count). The minimum atomic E-state index is -0.378. The van der Waals surface area contributed by atoms with Crippen LogP contribution in [0.4, 0.5) is 16.2 Å². The zero-order valence-electron chi connectivity index (χ0n) is 15.2. The quantitative estimate of drug-likeness (QED) is 0.460. The highest BCUT2D eigenvalue weighted by molar-refractivity contribution is 7.99. The number of carbonyl (C=O) groups excluding carboxylic acids is 2. The van der Waals surface area contributed by atoms with E-state index < -0.39 is 0 Å². The number of anilines is 2. The Hall–Kier alpha value is -2.81. The number of benzene rings is 1. The maximum Gasteiger partial charge on any atom is 0.329 e. The maximum absolute atomic E-state index is 12.7. The van der Waals surface area contributed by atoms with Crippen molar-refractivity contribution in [3.05, 3.63) is 69.8 Å². The van der Waals surface area contributed by atoms with Crippen molar-refractivity contribution in [3.8, 4) is 0 Å². The highest BCUT2D eigenvalue weighted by Crippen LogP contribution is 2.32. The number of ketones is 1. The van der Waals surface area contributed by atoms with Gasteiger partial charge >= 0.3 is 6.03 Å². The normalized spacial score (nSPS) is 12.3. The van der Waals surface area contributed by atoms with Crippen molar-refractivity contribution < 1.29 is 9.59 Å². The minimum Gasteiger partial charge on any atom is -0.388 e. The average Bonchev–Trinajstić information content (AvgIpc) is 3.29. The lowest BCUT2D eigenvalue weighted by Gasteiger charge is -2.07. The van der Waals surface area contributed by atoms with E-state index in [2.05, 4.69) is 20.3 Å². The molecular weight excluding hydrogens is 428 g/mol. The summed E-state index contributed by atoms with van der Waals surface area (Å²) < 4.78 is 4.22. The van der Waals surface area contributed by atoms with Gasteiger partial charge in [0.05, 0.1) is 26.1 Å². The number of aromatic nitrogens is 1. The maximum atomic E-state index is 12.7. The van der Waals surface area contributed by atoms with Gasteiger partial charge in [-0.15, -0.1) is 11.3 Å². The van der Waals surface area contributed by atoms with E-state index in [1.165, 1.54) is 29.5 Å². The average molecular weight is 443 g/mol. The van der Waals surface area contributed by atoms with Crippen LogP contribution in [0.3, 0.4) is 0 Å². The first-order valence-corrected chi connectivity index (χ1v) is 10.6. The number of rotatable bonds is 5. The van der Waals surface area contributed by atoms with Crippen LogP contribution in [0, 0.1) is 0 Å². The molecule has 0 saturated carbocycles. The van der Waals surface area contributed by atoms with Crippen LogP contribution in [0.1, 0.15) is 21.6 Å². The van der Waals surface area contributed by atoms with Gasteiger partial charge in [-0.3, -0.25) is 14.5 Å². The molecule has 0 bridgehead atoms. The van der Waals surface area contributed by atoms with Crippen molar-refractivity contribution in [2.75, 3.05) is 17.7 Å². The van der Waals surface area contributed by atoms with Gasteiger partial charge in [0, 0.05) is 23.9 Å². The fourth-order valence-electron chi connectivity index (χ4n) is 2.83. The van der Waals surface area contributed by atoms with Crippen LogP contribution in [0.2, 0.25) is 4.34 Å². The van der Waals surface area contributed by atoms with Gasteiger partial charge in [0.15, 0.2) is 5.78 Å². The molecule has 146 valence electrons. The zero-order valence-corrected chi connectivity index (χ0v) is 17.5. The van der Waals surface area contributed by atoms with E-state index in [0.717, 1.165) is 15.5 Å². The number of Topliss-reactive ketones (excluding diaryl/α,β-unsaturated/α-hetero) is 1. The Morgan fingerprint density at radius 1 is 1.14 bits per heavy atom. The first-order valence-electron chi connectivity index (χ1n) is 8.57. The van der Waals surface area contributed by atoms with E-state index in [-0.39, 0.29) is 11.8 Å². The molecule has 2 heterocycles. The Bertz CT molecular complexity index is 1130. The summed E-state index contributed by atoms with van der Waals surface area (Å²) in [6.07, 6.45) is 3.36. The molecule has 1 aliphatic carbocycles. The monoisotopic (exact) mass is 442 g/mol. The molecule has 0 fully saturated rings. The van der Waals surface area contributed by atoms with Crippen LogP contribution in [-0.2, 0) is 0 Å². The third kappa shape index (κ3) is 4.29. The molecule has 2 amide bonds. The van der Waals surface area contributed by atoms with Crippen molar-refractivity contribution in [1.82, 2.24) is 9.71 Å². The lowest BCUT2D eigenvalue weighted by molar-refractivity contribution is 0.105. The number of thiophene rings is 1. The predicted octanol–water partition coefficient (Wildman–Crippen LogP) is 5.40. The number of pyridine rings is 1. The Balaban J connectivity index is 1.41. The van der Waals surface area contributed by atoms with E-state index in [9.17, 15) is 9.59 Å². The fraction of sp³-hybridized carbons (Fsp3) is 0.0500. The van der Waals surface area contributed by atoms with Gasteiger partial charge in [0.25, 0.3) is 0 Å². The van der Waals surface area contributed by atoms with Crippen molar-refractivity contribution >= 4 is 69.7 Å². The number of hydrogen-bond acceptors (Lipinski definition) is 6. The number of nitrogens with one attached hydrogen (secondary N) is 3. The van der Waals surface area contributed by atoms with E-state index in [4.69, 9.17) is 11.6 Å². The number of fused-ring (bicyclic) bond motifs is 1. The minimum absolute atomic E-state index is 0.0559. The first kappa shape index (κ1) is 19.5. The summed E-state index contributed by atoms with van der Waals surface area (Å²) >= 11 is 8.43. The number of hydrogen-bond donors (Lipinski definition) is 3. The van der Waals surface area contributed by atoms with Crippen LogP contribution >= 0.6 is 34.9 Å². The van der Waals surface area contributed by atoms with Gasteiger partial charge in [-0.25, -0.2) is 4.79 Å². The van der Waals surface area contributed by atoms with E-state index in [1.807, 2.05) is 37.4 Å². The SMILES string of the molecule is CNc1ccc2c(c1)C=C(c1ccc(NC(=O)NSc3ccc(Cl)s3)cn1)C2=O. The van der Waals surface area contributed by atoms with Crippen LogP contribution in [-0.4, -0.2) is 23.8 Å². The second-order valence-electron chi connectivity index (χ2n) is 6.09. The summed E-state index contributed by atoms with van der Waals surface area (Å²) in [4.78, 5) is 29.0. The van der Waals surface area contributed by atoms with E-state index in [1.54, 1.807) is 18.2 Å². The lowest BCUT2D eigenvalue weighted by atomic mass is 10.1. The third-order valence-electron chi connectivity index (χ3n) is 4.22. The standard InChI is InChI=1S/C20H15ClN4O2S2/c1-22-12-2-4-14-11(8-12)9-15(19(14)26)16-5-3-13(10-23-16)24-20(27)25-29-18-7-6-17(21)28-18/h2-10,22H,1H3,(H2,24,25,27). The molecule has 1 aliphatic rings. The van der Waals surface area contributed by atoms with Crippen molar-refractivity contribution in [1.29, 1.82) is 0 Å². The molecule has 0 aliphatic heterocycles. The Labute approximate surface area is 180 Å². The number of urea groups is 1. The third-order valence-corrected chi connectivity index (χ3v) is 6.37. The fourth-order valence-corrected chi connectivity index (χ4v) is 4.69. The molecule has 3 aromatic rings. The van der Waals surface area contributed by atoms with Gasteiger partial charge in [-0.2, -0.15) is 0 Å². The molecule has 0 spiro atoms. The van der Waals surface area contributed by atoms with Gasteiger partial charge < -0.3 is 10.6 Å². The lowest BCUT2D eigenvalue weighted by Crippen LogP contribution is -2.22. The summed E-state index contributed by atoms with van der Waals surface area (Å²) in [5.74, 6) is -0.0559. The van der Waals surface area contributed by atoms with Crippen LogP contribution in [0.15, 0.2) is 52.9 Å². The van der Waals surface area contributed by atoms with Crippen LogP contribution < -0.4 is 15.4 Å². The molecular formula is C20H15ClN4O2S2. The molecule has 0 unspecified atom stereocenters. The number of amides is 2. The highest BCUT2D eigenvalue weighted by atomic mass is 35.5. The molecule has 3 N–H and O–H groups in total. The predicted molar refractivity (Wildman–Crippen MR) is 120 cm³/mol. The molecule has 2 aromatic heterocycles. The van der Waals surface area contributed by atoms with Gasteiger partial charge in [0.1, 0.15) is 0 Å². The summed E-state index contributed by atoms with van der Waals surface area (Å²) in [7, 11) is 1.83. The molecule has 0 atom stereocenters. The molecule has 1 aromatic carbocycles. The molecule has 0 radical (unpaired) electrons. The molecule has 29 heavy (non-hydrogen) atoms. The molecule has 9 heteroatoms. The van der Waals surface area contributed by atoms with Crippen molar-refractivity contribution in [3.63, 3.8) is 0 Å². The van der Waals surface area contributed by atoms with Crippen LogP contribution in [0.25, 0.3) is 11.6 Å². The Morgan fingerprint density at radius 3 is 2.66 bits per heavy atom. The summed E-state index contributed by atoms with van der Waals surface area (Å²) in [5.41, 5.74) is 4.09. The highest BCUT2D eigenvalue weighted by Gasteiger charge is 2.24. The summed E-state index contributed by atoms with van der Waals surface area (Å²) in [6.45, 7) is 0. The van der Waals surface area contributed by atoms with Crippen molar-refractivity contribution in [2.45, 2.75) is 4.21 Å². The second kappa shape index (κ2) is 8.28. The topological polar surface area (TPSA) is 83.1 Å². The van der Waals surface area contributed by atoms with E-state index >= 15 is 0 Å². The Morgan fingerprint density at radius 2 is 1.97 bits per heavy atom. The number of nitrogens with zero attached hydrogens (tertiary/aromatic N) is 1. The zero-order chi connectivity index (χ0) is 20.4. The summed E-state index contributed by atoms with van der Waals surface area (Å²) in [6, 6.07) is 12.3. The van der Waals surface area contributed by atoms with E-state index in [0.29, 0.717) is 26.9 Å². The molecule has 0 saturated heterocycles. The smallest absolute Gasteiger partial charge is 0.329 e. The second-order valence-corrected chi connectivity index (χ2v) is 8.91. The number of carbonyl (C=O) groups is 2. The number of allylic oxidation sites excluding steroid dienone is 1. The van der Waals surface area contributed by atoms with Gasteiger partial charge in [0.2, 0.25) is 0 Å². The first-order chi connectivity index (χ1) is 14.0.